The van der Waals surface area contributed by atoms with Crippen LogP contribution in [0.1, 0.15) is 18.4 Å². The molecule has 0 unspecified atom stereocenters. The lowest BCUT2D eigenvalue weighted by atomic mass is 10.1. The number of esters is 1. The van der Waals surface area contributed by atoms with Crippen LogP contribution in [-0.4, -0.2) is 23.6 Å². The van der Waals surface area contributed by atoms with Crippen LogP contribution in [0, 0.1) is 5.41 Å². The van der Waals surface area contributed by atoms with Crippen LogP contribution < -0.4 is 15.4 Å². The third kappa shape index (κ3) is 6.30. The van der Waals surface area contributed by atoms with E-state index in [9.17, 15) is 9.59 Å². The number of hydrogen-bond donors (Lipinski definition) is 2. The number of urea groups is 1. The van der Waals surface area contributed by atoms with Gasteiger partial charge in [-0.25, -0.2) is 9.78 Å². The molecule has 0 bridgehead atoms. The molecule has 1 aromatic heterocycles. The molecule has 0 atom stereocenters. The number of carbonyl (C=O) groups excluding carboxylic acids is 2. The van der Waals surface area contributed by atoms with Gasteiger partial charge in [-0.3, -0.25) is 4.79 Å². The van der Waals surface area contributed by atoms with Gasteiger partial charge < -0.3 is 20.1 Å². The Labute approximate surface area is 225 Å². The first-order chi connectivity index (χ1) is 18.5. The molecule has 2 N–H and O–H groups in total. The number of amides is 2. The first kappa shape index (κ1) is 25.3. The molecule has 0 radical (unpaired) electrons. The molecule has 1 aliphatic carbocycles. The predicted molar refractivity (Wildman–Crippen MR) is 147 cm³/mol. The molecule has 5 rings (SSSR count). The zero-order valence-corrected chi connectivity index (χ0v) is 21.3. The lowest BCUT2D eigenvalue weighted by Gasteiger charge is -2.15. The molecule has 2 amide bonds. The number of halogens is 1. The maximum absolute atomic E-state index is 12.6. The van der Waals surface area contributed by atoms with E-state index >= 15 is 0 Å². The summed E-state index contributed by atoms with van der Waals surface area (Å²) in [5, 5.41) is 5.98. The van der Waals surface area contributed by atoms with Crippen molar-refractivity contribution in [3.63, 3.8) is 0 Å². The minimum Gasteiger partial charge on any atom is -0.476 e. The Hall–Kier alpha value is -4.36. The highest BCUT2D eigenvalue weighted by molar-refractivity contribution is 6.33. The minimum absolute atomic E-state index is 0.229. The Morgan fingerprint density at radius 3 is 2.24 bits per heavy atom. The molecule has 0 spiro atoms. The Bertz CT molecular complexity index is 1410. The van der Waals surface area contributed by atoms with Gasteiger partial charge in [0.15, 0.2) is 0 Å². The highest BCUT2D eigenvalue weighted by atomic mass is 35.5. The number of nitrogens with one attached hydrogen (secondary N) is 2. The van der Waals surface area contributed by atoms with Crippen molar-refractivity contribution in [1.29, 1.82) is 0 Å². The third-order valence-electron chi connectivity index (χ3n) is 6.33. The maximum atomic E-state index is 12.6. The van der Waals surface area contributed by atoms with E-state index in [0.717, 1.165) is 29.5 Å². The van der Waals surface area contributed by atoms with Crippen LogP contribution in [0.5, 0.6) is 5.88 Å². The number of carbonyl (C=O) groups is 2. The van der Waals surface area contributed by atoms with Gasteiger partial charge in [-0.2, -0.15) is 0 Å². The second-order valence-electron chi connectivity index (χ2n) is 9.15. The lowest BCUT2D eigenvalue weighted by molar-refractivity contribution is -0.152. The molecule has 3 aromatic carbocycles. The van der Waals surface area contributed by atoms with Crippen LogP contribution >= 0.6 is 11.6 Å². The monoisotopic (exact) mass is 527 g/mol. The summed E-state index contributed by atoms with van der Waals surface area (Å²) in [4.78, 5) is 29.3. The number of pyridine rings is 1. The Kier molecular flexibility index (Phi) is 7.56. The minimum atomic E-state index is -0.587. The molecule has 192 valence electrons. The number of para-hydroxylation sites is 1. The van der Waals surface area contributed by atoms with E-state index in [2.05, 4.69) is 15.6 Å². The van der Waals surface area contributed by atoms with E-state index in [1.807, 2.05) is 60.7 Å². The Balaban J connectivity index is 1.12. The van der Waals surface area contributed by atoms with Gasteiger partial charge in [0.1, 0.15) is 18.6 Å². The molecule has 1 saturated carbocycles. The first-order valence-electron chi connectivity index (χ1n) is 12.2. The summed E-state index contributed by atoms with van der Waals surface area (Å²) in [6, 6.07) is 27.4. The number of nitrogens with zero attached hydrogens (tertiary/aromatic N) is 1. The van der Waals surface area contributed by atoms with Gasteiger partial charge in [0.05, 0.1) is 10.7 Å². The predicted octanol–water partition coefficient (Wildman–Crippen LogP) is 6.95. The normalized spacial score (nSPS) is 13.3. The second-order valence-corrected chi connectivity index (χ2v) is 9.56. The van der Waals surface area contributed by atoms with Crippen molar-refractivity contribution in [2.24, 2.45) is 5.41 Å². The third-order valence-corrected chi connectivity index (χ3v) is 6.66. The molecule has 0 aliphatic heterocycles. The van der Waals surface area contributed by atoms with Gasteiger partial charge in [0.2, 0.25) is 5.88 Å². The number of aromatic nitrogens is 1. The average molecular weight is 528 g/mol. The molecule has 4 aromatic rings. The van der Waals surface area contributed by atoms with Crippen LogP contribution in [0.15, 0.2) is 97.2 Å². The van der Waals surface area contributed by atoms with Gasteiger partial charge in [0, 0.05) is 23.5 Å². The summed E-state index contributed by atoms with van der Waals surface area (Å²) in [6.07, 6.45) is 3.21. The fourth-order valence-electron chi connectivity index (χ4n) is 3.88. The van der Waals surface area contributed by atoms with Gasteiger partial charge >= 0.3 is 12.0 Å². The highest BCUT2D eigenvalue weighted by Gasteiger charge is 2.52. The van der Waals surface area contributed by atoms with Crippen LogP contribution in [0.25, 0.3) is 11.1 Å². The summed E-state index contributed by atoms with van der Waals surface area (Å²) in [7, 11) is 0. The van der Waals surface area contributed by atoms with E-state index in [1.54, 1.807) is 36.5 Å². The average Bonchev–Trinajstić information content (AvgIpc) is 3.74. The molecule has 38 heavy (non-hydrogen) atoms. The summed E-state index contributed by atoms with van der Waals surface area (Å²) < 4.78 is 11.4. The van der Waals surface area contributed by atoms with Crippen molar-refractivity contribution in [3.8, 4) is 17.0 Å². The van der Waals surface area contributed by atoms with Crippen molar-refractivity contribution in [1.82, 2.24) is 4.98 Å². The Morgan fingerprint density at radius 2 is 1.55 bits per heavy atom. The summed E-state index contributed by atoms with van der Waals surface area (Å²) in [5.41, 5.74) is 3.38. The van der Waals surface area contributed by atoms with Crippen molar-refractivity contribution in [2.45, 2.75) is 19.4 Å². The van der Waals surface area contributed by atoms with Gasteiger partial charge in [-0.05, 0) is 54.3 Å². The van der Waals surface area contributed by atoms with E-state index in [-0.39, 0.29) is 25.2 Å². The summed E-state index contributed by atoms with van der Waals surface area (Å²) in [6.45, 7) is 0.498. The van der Waals surface area contributed by atoms with E-state index in [0.29, 0.717) is 22.3 Å². The molecule has 1 aliphatic rings. The van der Waals surface area contributed by atoms with Gasteiger partial charge in [0.25, 0.3) is 0 Å². The molecule has 1 heterocycles. The SMILES string of the molecule is O=C(Nc1ccc(-c2ccc(OCC3(C(=O)OCc4ccccc4)CC3)nc2)cc1)Nc1ccccc1Cl. The van der Waals surface area contributed by atoms with Crippen molar-refractivity contribution in [2.75, 3.05) is 17.2 Å². The zero-order valence-electron chi connectivity index (χ0n) is 20.5. The lowest BCUT2D eigenvalue weighted by Crippen LogP contribution is -2.25. The van der Waals surface area contributed by atoms with Crippen molar-refractivity contribution < 1.29 is 19.1 Å². The standard InChI is InChI=1S/C30H26ClN3O4/c31-25-8-4-5-9-26(25)34-29(36)33-24-13-10-22(11-14-24)23-12-15-27(32-18-23)38-20-30(16-17-30)28(35)37-19-21-6-2-1-3-7-21/h1-15,18H,16-17,19-20H2,(H2,33,34,36). The van der Waals surface area contributed by atoms with E-state index < -0.39 is 5.41 Å². The van der Waals surface area contributed by atoms with Gasteiger partial charge in [-0.15, -0.1) is 0 Å². The zero-order chi connectivity index (χ0) is 26.4. The number of benzene rings is 3. The van der Waals surface area contributed by atoms with E-state index in [4.69, 9.17) is 21.1 Å². The molecule has 0 saturated heterocycles. The van der Waals surface area contributed by atoms with Crippen LogP contribution in [0.3, 0.4) is 0 Å². The van der Waals surface area contributed by atoms with Crippen molar-refractivity contribution >= 4 is 35.0 Å². The molecular weight excluding hydrogens is 502 g/mol. The van der Waals surface area contributed by atoms with Crippen molar-refractivity contribution in [3.05, 3.63) is 108 Å². The van der Waals surface area contributed by atoms with Crippen LogP contribution in [-0.2, 0) is 16.1 Å². The first-order valence-corrected chi connectivity index (χ1v) is 12.6. The number of anilines is 2. The fourth-order valence-corrected chi connectivity index (χ4v) is 4.06. The maximum Gasteiger partial charge on any atom is 0.323 e. The molecule has 8 heteroatoms. The largest absolute Gasteiger partial charge is 0.476 e. The van der Waals surface area contributed by atoms with Crippen LogP contribution in [0.4, 0.5) is 16.2 Å². The number of rotatable bonds is 9. The Morgan fingerprint density at radius 1 is 0.842 bits per heavy atom. The number of hydrogen-bond acceptors (Lipinski definition) is 5. The molecule has 7 nitrogen and oxygen atoms in total. The summed E-state index contributed by atoms with van der Waals surface area (Å²) >= 11 is 6.09. The quantitative estimate of drug-likeness (QED) is 0.230. The highest BCUT2D eigenvalue weighted by Crippen LogP contribution is 2.47. The smallest absolute Gasteiger partial charge is 0.323 e. The molecule has 1 fully saturated rings. The second kappa shape index (κ2) is 11.4. The fraction of sp³-hybridized carbons (Fsp3) is 0.167. The number of ether oxygens (including phenoxy) is 2. The topological polar surface area (TPSA) is 89.5 Å². The van der Waals surface area contributed by atoms with E-state index in [1.165, 1.54) is 0 Å². The molecular formula is C30H26ClN3O4. The van der Waals surface area contributed by atoms with Gasteiger partial charge in [-0.1, -0.05) is 66.2 Å². The summed E-state index contributed by atoms with van der Waals surface area (Å²) in [5.74, 6) is 0.220. The van der Waals surface area contributed by atoms with Crippen LogP contribution in [0.2, 0.25) is 5.02 Å².